The summed E-state index contributed by atoms with van der Waals surface area (Å²) in [6.07, 6.45) is 3.37. The Kier molecular flexibility index (Phi) is 5.58. The third-order valence-corrected chi connectivity index (χ3v) is 4.46. The maximum atomic E-state index is 12.4. The first-order valence-electron chi connectivity index (χ1n) is 6.69. The molecule has 0 saturated carbocycles. The molecule has 1 heterocycles. The summed E-state index contributed by atoms with van der Waals surface area (Å²) in [5.74, 6) is 0.0970. The largest absolute Gasteiger partial charge is 0.371 e. The van der Waals surface area contributed by atoms with Gasteiger partial charge in [0.05, 0.1) is 15.7 Å². The second-order valence-corrected chi connectivity index (χ2v) is 6.73. The van der Waals surface area contributed by atoms with Crippen LogP contribution in [0.4, 0.5) is 5.69 Å². The first kappa shape index (κ1) is 15.9. The van der Waals surface area contributed by atoms with Gasteiger partial charge in [-0.1, -0.05) is 39.1 Å². The van der Waals surface area contributed by atoms with Crippen LogP contribution in [0.3, 0.4) is 0 Å². The number of amides is 1. The third-order valence-electron chi connectivity index (χ3n) is 3.41. The highest BCUT2D eigenvalue weighted by atomic mass is 79.9. The van der Waals surface area contributed by atoms with Gasteiger partial charge in [0, 0.05) is 17.6 Å². The monoisotopic (exact) mass is 378 g/mol. The standard InChI is InChI=1S/C14H17BrCl2N2O/c1-9(14(20)19-5-3-2-4-6-19)18-13-11(16)7-10(15)8-12(13)17/h7-9,18H,2-6H2,1H3. The van der Waals surface area contributed by atoms with Crippen LogP contribution >= 0.6 is 39.1 Å². The van der Waals surface area contributed by atoms with E-state index in [2.05, 4.69) is 21.2 Å². The third kappa shape index (κ3) is 3.80. The minimum absolute atomic E-state index is 0.0970. The van der Waals surface area contributed by atoms with Gasteiger partial charge < -0.3 is 10.2 Å². The van der Waals surface area contributed by atoms with E-state index >= 15 is 0 Å². The second kappa shape index (κ2) is 7.01. The Morgan fingerprint density at radius 2 is 1.80 bits per heavy atom. The number of rotatable bonds is 3. The quantitative estimate of drug-likeness (QED) is 0.834. The van der Waals surface area contributed by atoms with Crippen molar-refractivity contribution >= 4 is 50.7 Å². The molecule has 20 heavy (non-hydrogen) atoms. The van der Waals surface area contributed by atoms with E-state index in [4.69, 9.17) is 23.2 Å². The maximum absolute atomic E-state index is 12.4. The van der Waals surface area contributed by atoms with Gasteiger partial charge in [-0.2, -0.15) is 0 Å². The Hall–Kier alpha value is -0.450. The molecule has 1 aromatic carbocycles. The fourth-order valence-electron chi connectivity index (χ4n) is 2.35. The molecule has 1 fully saturated rings. The molecule has 1 atom stereocenters. The van der Waals surface area contributed by atoms with E-state index in [0.717, 1.165) is 30.4 Å². The summed E-state index contributed by atoms with van der Waals surface area (Å²) in [7, 11) is 0. The lowest BCUT2D eigenvalue weighted by atomic mass is 10.1. The topological polar surface area (TPSA) is 32.3 Å². The fraction of sp³-hybridized carbons (Fsp3) is 0.500. The molecule has 0 aliphatic carbocycles. The van der Waals surface area contributed by atoms with Crippen LogP contribution in [0.5, 0.6) is 0 Å². The van der Waals surface area contributed by atoms with Crippen molar-refractivity contribution in [2.75, 3.05) is 18.4 Å². The highest BCUT2D eigenvalue weighted by Gasteiger charge is 2.23. The molecular formula is C14H17BrCl2N2O. The number of halogens is 3. The van der Waals surface area contributed by atoms with Gasteiger partial charge in [-0.05, 0) is 38.3 Å². The van der Waals surface area contributed by atoms with Gasteiger partial charge in [0.2, 0.25) is 5.91 Å². The summed E-state index contributed by atoms with van der Waals surface area (Å²) in [5, 5.41) is 4.13. The molecule has 1 aromatic rings. The Labute approximate surface area is 137 Å². The van der Waals surface area contributed by atoms with Crippen LogP contribution < -0.4 is 5.32 Å². The number of nitrogens with zero attached hydrogens (tertiary/aromatic N) is 1. The number of hydrogen-bond donors (Lipinski definition) is 1. The Morgan fingerprint density at radius 1 is 1.25 bits per heavy atom. The molecular weight excluding hydrogens is 363 g/mol. The molecule has 1 aliphatic heterocycles. The molecule has 0 radical (unpaired) electrons. The zero-order valence-corrected chi connectivity index (χ0v) is 14.4. The lowest BCUT2D eigenvalue weighted by Gasteiger charge is -2.30. The molecule has 1 saturated heterocycles. The SMILES string of the molecule is CC(Nc1c(Cl)cc(Br)cc1Cl)C(=O)N1CCCCC1. The van der Waals surface area contributed by atoms with Gasteiger partial charge in [-0.3, -0.25) is 4.79 Å². The van der Waals surface area contributed by atoms with Gasteiger partial charge in [-0.25, -0.2) is 0 Å². The van der Waals surface area contributed by atoms with Gasteiger partial charge in [0.1, 0.15) is 6.04 Å². The van der Waals surface area contributed by atoms with Crippen LogP contribution in [0.2, 0.25) is 10.0 Å². The van der Waals surface area contributed by atoms with Crippen molar-refractivity contribution in [2.24, 2.45) is 0 Å². The summed E-state index contributed by atoms with van der Waals surface area (Å²) in [5.41, 5.74) is 0.606. The molecule has 1 aliphatic rings. The Balaban J connectivity index is 2.07. The van der Waals surface area contributed by atoms with Crippen LogP contribution in [-0.2, 0) is 4.79 Å². The Bertz CT molecular complexity index is 481. The van der Waals surface area contributed by atoms with E-state index in [-0.39, 0.29) is 11.9 Å². The van der Waals surface area contributed by atoms with E-state index in [0.29, 0.717) is 15.7 Å². The van der Waals surface area contributed by atoms with Crippen LogP contribution in [0.1, 0.15) is 26.2 Å². The van der Waals surface area contributed by atoms with E-state index in [1.807, 2.05) is 11.8 Å². The minimum atomic E-state index is -0.343. The van der Waals surface area contributed by atoms with E-state index in [1.165, 1.54) is 6.42 Å². The average Bonchev–Trinajstić information content (AvgIpc) is 2.42. The molecule has 1 amide bonds. The number of carbonyl (C=O) groups is 1. The van der Waals surface area contributed by atoms with E-state index in [1.54, 1.807) is 12.1 Å². The van der Waals surface area contributed by atoms with Gasteiger partial charge in [-0.15, -0.1) is 0 Å². The number of anilines is 1. The van der Waals surface area contributed by atoms with Crippen molar-refractivity contribution in [2.45, 2.75) is 32.2 Å². The predicted octanol–water partition coefficient (Wildman–Crippen LogP) is 4.57. The number of likely N-dealkylation sites (tertiary alicyclic amines) is 1. The summed E-state index contributed by atoms with van der Waals surface area (Å²) in [6.45, 7) is 3.52. The van der Waals surface area contributed by atoms with E-state index in [9.17, 15) is 4.79 Å². The zero-order chi connectivity index (χ0) is 14.7. The first-order chi connectivity index (χ1) is 9.49. The molecule has 1 unspecified atom stereocenters. The molecule has 1 N–H and O–H groups in total. The molecule has 2 rings (SSSR count). The minimum Gasteiger partial charge on any atom is -0.371 e. The molecule has 0 spiro atoms. The Morgan fingerprint density at radius 3 is 2.35 bits per heavy atom. The number of nitrogens with one attached hydrogen (secondary N) is 1. The van der Waals surface area contributed by atoms with Crippen molar-refractivity contribution in [1.82, 2.24) is 4.90 Å². The summed E-state index contributed by atoms with van der Waals surface area (Å²) < 4.78 is 0.813. The average molecular weight is 380 g/mol. The van der Waals surface area contributed by atoms with Gasteiger partial charge in [0.15, 0.2) is 0 Å². The zero-order valence-electron chi connectivity index (χ0n) is 11.3. The van der Waals surface area contributed by atoms with Crippen LogP contribution in [-0.4, -0.2) is 29.9 Å². The van der Waals surface area contributed by atoms with E-state index < -0.39 is 0 Å². The molecule has 0 bridgehead atoms. The number of hydrogen-bond acceptors (Lipinski definition) is 2. The van der Waals surface area contributed by atoms with Gasteiger partial charge in [0.25, 0.3) is 0 Å². The van der Waals surface area contributed by atoms with Crippen molar-refractivity contribution in [3.05, 3.63) is 26.7 Å². The second-order valence-electron chi connectivity index (χ2n) is 5.00. The summed E-state index contributed by atoms with van der Waals surface area (Å²) >= 11 is 15.7. The number of carbonyl (C=O) groups excluding carboxylic acids is 1. The predicted molar refractivity (Wildman–Crippen MR) is 87.7 cm³/mol. The van der Waals surface area contributed by atoms with Crippen LogP contribution in [0, 0.1) is 0 Å². The molecule has 0 aromatic heterocycles. The van der Waals surface area contributed by atoms with Crippen molar-refractivity contribution in [3.63, 3.8) is 0 Å². The van der Waals surface area contributed by atoms with Gasteiger partial charge >= 0.3 is 0 Å². The lowest BCUT2D eigenvalue weighted by Crippen LogP contribution is -2.43. The summed E-state index contributed by atoms with van der Waals surface area (Å²) in [4.78, 5) is 14.3. The van der Waals surface area contributed by atoms with Crippen LogP contribution in [0.15, 0.2) is 16.6 Å². The van der Waals surface area contributed by atoms with Crippen molar-refractivity contribution in [1.29, 1.82) is 0 Å². The molecule has 3 nitrogen and oxygen atoms in total. The maximum Gasteiger partial charge on any atom is 0.244 e. The summed E-state index contributed by atoms with van der Waals surface area (Å²) in [6, 6.07) is 3.17. The van der Waals surface area contributed by atoms with Crippen LogP contribution in [0.25, 0.3) is 0 Å². The molecule has 110 valence electrons. The number of benzene rings is 1. The first-order valence-corrected chi connectivity index (χ1v) is 8.24. The fourth-order valence-corrected chi connectivity index (χ4v) is 3.66. The smallest absolute Gasteiger partial charge is 0.244 e. The normalized spacial score (nSPS) is 16.9. The highest BCUT2D eigenvalue weighted by Crippen LogP contribution is 2.34. The number of piperidine rings is 1. The lowest BCUT2D eigenvalue weighted by molar-refractivity contribution is -0.132. The van der Waals surface area contributed by atoms with Crippen molar-refractivity contribution in [3.8, 4) is 0 Å². The molecule has 6 heteroatoms. The highest BCUT2D eigenvalue weighted by molar-refractivity contribution is 9.10. The van der Waals surface area contributed by atoms with Crippen molar-refractivity contribution < 1.29 is 4.79 Å².